The molecular weight excluding hydrogens is 198 g/mol. The normalized spacial score (nSPS) is 10.2. The fraction of sp³-hybridized carbons (Fsp3) is 0.556. The Morgan fingerprint density at radius 3 is 2.64 bits per heavy atom. The van der Waals surface area contributed by atoms with Crippen molar-refractivity contribution < 1.29 is 0 Å². The zero-order chi connectivity index (χ0) is 10.6. The summed E-state index contributed by atoms with van der Waals surface area (Å²) in [5.74, 6) is 0.877. The molecule has 0 unspecified atom stereocenters. The van der Waals surface area contributed by atoms with E-state index in [1.54, 1.807) is 18.0 Å². The van der Waals surface area contributed by atoms with Crippen molar-refractivity contribution in [1.82, 2.24) is 9.97 Å². The van der Waals surface area contributed by atoms with E-state index >= 15 is 0 Å². The molecule has 14 heavy (non-hydrogen) atoms. The molecule has 1 aromatic heterocycles. The van der Waals surface area contributed by atoms with Gasteiger partial charge in [0.25, 0.3) is 0 Å². The molecule has 0 atom stereocenters. The smallest absolute Gasteiger partial charge is 0.346 e. The average molecular weight is 213 g/mol. The lowest BCUT2D eigenvalue weighted by molar-refractivity contribution is 0.816. The van der Waals surface area contributed by atoms with Crippen LogP contribution in [-0.2, 0) is 0 Å². The largest absolute Gasteiger partial charge is 0.358 e. The lowest BCUT2D eigenvalue weighted by Crippen LogP contribution is -2.26. The molecule has 0 saturated carbocycles. The molecule has 5 heteroatoms. The Morgan fingerprint density at radius 1 is 1.50 bits per heavy atom. The lowest BCUT2D eigenvalue weighted by atomic mass is 10.4. The van der Waals surface area contributed by atoms with E-state index in [0.29, 0.717) is 0 Å². The first-order valence-corrected chi connectivity index (χ1v) is 5.83. The first-order valence-electron chi connectivity index (χ1n) is 4.61. The number of H-pyrrole nitrogens is 1. The molecule has 0 aliphatic heterocycles. The maximum absolute atomic E-state index is 11.1. The number of aromatic amines is 1. The van der Waals surface area contributed by atoms with Gasteiger partial charge in [0.15, 0.2) is 0 Å². The van der Waals surface area contributed by atoms with E-state index in [1.165, 1.54) is 0 Å². The number of anilines is 1. The van der Waals surface area contributed by atoms with Gasteiger partial charge in [-0.2, -0.15) is 0 Å². The number of hydrogen-bond donors (Lipinski definition) is 1. The summed E-state index contributed by atoms with van der Waals surface area (Å²) in [5.41, 5.74) is -0.287. The van der Waals surface area contributed by atoms with Crippen molar-refractivity contribution in [2.24, 2.45) is 0 Å². The van der Waals surface area contributed by atoms with Gasteiger partial charge in [0, 0.05) is 19.3 Å². The Balaban J connectivity index is 3.15. The quantitative estimate of drug-likeness (QED) is 0.767. The monoisotopic (exact) mass is 213 g/mol. The molecule has 1 aromatic rings. The second kappa shape index (κ2) is 5.05. The average Bonchev–Trinajstić information content (AvgIpc) is 2.20. The predicted octanol–water partition coefficient (Wildman–Crippen LogP) is 1.34. The van der Waals surface area contributed by atoms with E-state index in [1.807, 2.05) is 6.26 Å². The van der Waals surface area contributed by atoms with Crippen LogP contribution in [0.1, 0.15) is 13.8 Å². The molecule has 0 aliphatic rings. The molecule has 0 aromatic carbocycles. The summed E-state index contributed by atoms with van der Waals surface area (Å²) in [7, 11) is 0. The van der Waals surface area contributed by atoms with Crippen LogP contribution in [-0.4, -0.2) is 29.3 Å². The molecule has 1 rings (SSSR count). The second-order valence-corrected chi connectivity index (χ2v) is 3.63. The van der Waals surface area contributed by atoms with Crippen LogP contribution < -0.4 is 10.6 Å². The number of nitrogens with zero attached hydrogens (tertiary/aromatic N) is 2. The number of aromatic nitrogens is 2. The Morgan fingerprint density at radius 2 is 2.14 bits per heavy atom. The highest BCUT2D eigenvalue weighted by Crippen LogP contribution is 2.23. The third kappa shape index (κ3) is 2.29. The zero-order valence-electron chi connectivity index (χ0n) is 8.70. The summed E-state index contributed by atoms with van der Waals surface area (Å²) < 4.78 is 0. The van der Waals surface area contributed by atoms with E-state index < -0.39 is 0 Å². The van der Waals surface area contributed by atoms with Crippen LogP contribution in [0, 0.1) is 0 Å². The molecule has 1 N–H and O–H groups in total. The number of thioether (sulfide) groups is 1. The highest BCUT2D eigenvalue weighted by molar-refractivity contribution is 7.98. The number of nitrogens with one attached hydrogen (secondary N) is 1. The van der Waals surface area contributed by atoms with Crippen molar-refractivity contribution >= 4 is 17.6 Å². The highest BCUT2D eigenvalue weighted by Gasteiger charge is 2.08. The summed E-state index contributed by atoms with van der Waals surface area (Å²) in [6, 6.07) is 0. The van der Waals surface area contributed by atoms with Crippen molar-refractivity contribution in [2.75, 3.05) is 24.2 Å². The molecule has 0 amide bonds. The van der Waals surface area contributed by atoms with Gasteiger partial charge in [-0.1, -0.05) is 0 Å². The standard InChI is InChI=1S/C9H15N3OS/c1-4-12(5-2)8-7(14-3)6-10-9(13)11-8/h6H,4-5H2,1-3H3,(H,10,11,13). The molecule has 0 aliphatic carbocycles. The second-order valence-electron chi connectivity index (χ2n) is 2.78. The molecule has 1 heterocycles. The van der Waals surface area contributed by atoms with Crippen molar-refractivity contribution in [3.63, 3.8) is 0 Å². The van der Waals surface area contributed by atoms with Crippen LogP contribution in [0.5, 0.6) is 0 Å². The molecule has 0 spiro atoms. The summed E-state index contributed by atoms with van der Waals surface area (Å²) >= 11 is 1.59. The van der Waals surface area contributed by atoms with Gasteiger partial charge >= 0.3 is 5.69 Å². The van der Waals surface area contributed by atoms with Crippen LogP contribution in [0.2, 0.25) is 0 Å². The molecule has 78 valence electrons. The van der Waals surface area contributed by atoms with E-state index in [9.17, 15) is 4.79 Å². The van der Waals surface area contributed by atoms with Crippen molar-refractivity contribution in [3.8, 4) is 0 Å². The van der Waals surface area contributed by atoms with Crippen LogP contribution in [0.3, 0.4) is 0 Å². The minimum atomic E-state index is -0.287. The van der Waals surface area contributed by atoms with E-state index in [-0.39, 0.29) is 5.69 Å². The molecule has 0 saturated heterocycles. The van der Waals surface area contributed by atoms with E-state index in [0.717, 1.165) is 23.8 Å². The van der Waals surface area contributed by atoms with Gasteiger partial charge in [0.1, 0.15) is 5.82 Å². The van der Waals surface area contributed by atoms with Crippen LogP contribution in [0.15, 0.2) is 15.9 Å². The van der Waals surface area contributed by atoms with Gasteiger partial charge in [-0.25, -0.2) is 9.78 Å². The van der Waals surface area contributed by atoms with Gasteiger partial charge in [-0.3, -0.25) is 4.98 Å². The fourth-order valence-corrected chi connectivity index (χ4v) is 1.83. The first kappa shape index (κ1) is 11.1. The fourth-order valence-electron chi connectivity index (χ4n) is 1.30. The topological polar surface area (TPSA) is 49.0 Å². The lowest BCUT2D eigenvalue weighted by Gasteiger charge is -2.21. The number of hydrogen-bond acceptors (Lipinski definition) is 4. The summed E-state index contributed by atoms with van der Waals surface area (Å²) in [5, 5.41) is 0. The number of rotatable bonds is 4. The highest BCUT2D eigenvalue weighted by atomic mass is 32.2. The summed E-state index contributed by atoms with van der Waals surface area (Å²) in [4.78, 5) is 20.7. The SMILES string of the molecule is CCN(CC)c1[nH]c(=O)ncc1SC. The molecule has 0 bridgehead atoms. The van der Waals surface area contributed by atoms with E-state index in [2.05, 4.69) is 28.7 Å². The zero-order valence-corrected chi connectivity index (χ0v) is 9.52. The third-order valence-corrected chi connectivity index (χ3v) is 2.80. The molecular formula is C9H15N3OS. The maximum atomic E-state index is 11.1. The Bertz CT molecular complexity index is 346. The molecule has 4 nitrogen and oxygen atoms in total. The first-order chi connectivity index (χ1) is 6.72. The predicted molar refractivity (Wildman–Crippen MR) is 60.2 cm³/mol. The Kier molecular flexibility index (Phi) is 4.00. The van der Waals surface area contributed by atoms with Gasteiger partial charge in [0.2, 0.25) is 0 Å². The van der Waals surface area contributed by atoms with Gasteiger partial charge < -0.3 is 4.90 Å². The summed E-state index contributed by atoms with van der Waals surface area (Å²) in [6.07, 6.45) is 3.60. The van der Waals surface area contributed by atoms with Gasteiger partial charge in [-0.15, -0.1) is 11.8 Å². The minimum absolute atomic E-state index is 0.287. The van der Waals surface area contributed by atoms with E-state index in [4.69, 9.17) is 0 Å². The van der Waals surface area contributed by atoms with Gasteiger partial charge in [0.05, 0.1) is 4.90 Å². The van der Waals surface area contributed by atoms with Crippen molar-refractivity contribution in [3.05, 3.63) is 16.7 Å². The van der Waals surface area contributed by atoms with Crippen LogP contribution in [0.4, 0.5) is 5.82 Å². The Hall–Kier alpha value is -0.970. The van der Waals surface area contributed by atoms with Gasteiger partial charge in [-0.05, 0) is 20.1 Å². The molecule has 0 radical (unpaired) electrons. The maximum Gasteiger partial charge on any atom is 0.346 e. The van der Waals surface area contributed by atoms with Crippen LogP contribution in [0.25, 0.3) is 0 Å². The van der Waals surface area contributed by atoms with Crippen molar-refractivity contribution in [2.45, 2.75) is 18.7 Å². The third-order valence-electron chi connectivity index (χ3n) is 2.06. The summed E-state index contributed by atoms with van der Waals surface area (Å²) in [6.45, 7) is 5.88. The Labute approximate surface area is 87.7 Å². The van der Waals surface area contributed by atoms with Crippen molar-refractivity contribution in [1.29, 1.82) is 0 Å². The van der Waals surface area contributed by atoms with Crippen LogP contribution >= 0.6 is 11.8 Å². The molecule has 0 fully saturated rings. The minimum Gasteiger partial charge on any atom is -0.358 e.